The first-order valence-corrected chi connectivity index (χ1v) is 19.3. The van der Waals surface area contributed by atoms with Crippen LogP contribution in [-0.4, -0.2) is 57.5 Å². The van der Waals surface area contributed by atoms with E-state index in [4.69, 9.17) is 4.74 Å². The Bertz CT molecular complexity index is 992. The third kappa shape index (κ3) is 8.90. The summed E-state index contributed by atoms with van der Waals surface area (Å²) in [5, 5.41) is 11.0. The normalized spacial score (nSPS) is 36.0. The molecule has 0 saturated heterocycles. The van der Waals surface area contributed by atoms with Crippen molar-refractivity contribution in [1.29, 1.82) is 0 Å². The molecule has 4 fully saturated rings. The molecule has 4 rings (SSSR count). The zero-order valence-corrected chi connectivity index (χ0v) is 28.3. The molecule has 0 heterocycles. The van der Waals surface area contributed by atoms with Crippen LogP contribution < -0.4 is 0 Å². The SMILES string of the molecule is C[C@]12CCC(=O)C[C@@H]1CC[C@@H]1[C@@H]2[C@@H](OCCCCCCCCCCCS(=O)CCCC(F)(F)C(F)(F)F)C[C@]2(C)[C@@H](O)CC[C@@H]12. The van der Waals surface area contributed by atoms with E-state index in [-0.39, 0.29) is 28.8 Å². The quantitative estimate of drug-likeness (QED) is 0.124. The minimum atomic E-state index is -5.54. The van der Waals surface area contributed by atoms with Gasteiger partial charge in [-0.15, -0.1) is 0 Å². The Morgan fingerprint density at radius 3 is 2.13 bits per heavy atom. The standard InChI is InChI=1S/C35H57F5O4S/c1-32-19-17-26(41)23-25(32)13-14-27-28-15-16-30(42)33(28,2)24-29(31(27)32)44-20-10-8-6-4-3-5-7-9-11-21-45(43)22-12-18-34(36,37)35(38,39)40/h25,27-31,42H,3-24H2,1-2H3/t25-,27-,28-,29-,30-,31+,32-,33-,45?/m0/s1. The van der Waals surface area contributed by atoms with Crippen molar-refractivity contribution in [2.24, 2.45) is 34.5 Å². The Morgan fingerprint density at radius 2 is 1.47 bits per heavy atom. The molecule has 0 radical (unpaired) electrons. The number of rotatable bonds is 17. The van der Waals surface area contributed by atoms with E-state index in [1.54, 1.807) is 0 Å². The molecule has 0 aromatic heterocycles. The van der Waals surface area contributed by atoms with Crippen LogP contribution in [0.25, 0.3) is 0 Å². The van der Waals surface area contributed by atoms with Gasteiger partial charge in [-0.2, -0.15) is 22.0 Å². The van der Waals surface area contributed by atoms with Gasteiger partial charge < -0.3 is 9.84 Å². The van der Waals surface area contributed by atoms with Gasteiger partial charge >= 0.3 is 12.1 Å². The van der Waals surface area contributed by atoms with Crippen molar-refractivity contribution in [2.45, 2.75) is 160 Å². The molecule has 0 bridgehead atoms. The molecule has 0 aromatic rings. The van der Waals surface area contributed by atoms with Crippen molar-refractivity contribution < 1.29 is 40.8 Å². The first-order valence-electron chi connectivity index (χ1n) is 17.8. The zero-order chi connectivity index (χ0) is 32.9. The molecule has 0 aliphatic heterocycles. The summed E-state index contributed by atoms with van der Waals surface area (Å²) in [7, 11) is -1.35. The minimum absolute atomic E-state index is 0.0665. The number of hydrogen-bond acceptors (Lipinski definition) is 4. The molecule has 1 unspecified atom stereocenters. The molecule has 0 spiro atoms. The highest BCUT2D eigenvalue weighted by Gasteiger charge is 2.63. The Balaban J connectivity index is 1.09. The molecular formula is C35H57F5O4S. The van der Waals surface area contributed by atoms with Crippen molar-refractivity contribution >= 4 is 16.6 Å². The van der Waals surface area contributed by atoms with E-state index in [0.717, 1.165) is 103 Å². The van der Waals surface area contributed by atoms with Gasteiger partial charge in [-0.1, -0.05) is 58.8 Å². The lowest BCUT2D eigenvalue weighted by molar-refractivity contribution is -0.284. The van der Waals surface area contributed by atoms with Crippen molar-refractivity contribution in [3.8, 4) is 0 Å². The third-order valence-corrected chi connectivity index (χ3v) is 14.0. The maximum Gasteiger partial charge on any atom is 0.453 e. The Morgan fingerprint density at radius 1 is 0.844 bits per heavy atom. The van der Waals surface area contributed by atoms with E-state index in [0.29, 0.717) is 48.0 Å². The van der Waals surface area contributed by atoms with Gasteiger partial charge in [0.2, 0.25) is 0 Å². The predicted molar refractivity (Wildman–Crippen MR) is 168 cm³/mol. The van der Waals surface area contributed by atoms with E-state index in [9.17, 15) is 36.1 Å². The molecule has 9 atom stereocenters. The average molecular weight is 669 g/mol. The Hall–Kier alpha value is -0.610. The van der Waals surface area contributed by atoms with Crippen LogP contribution in [0.4, 0.5) is 22.0 Å². The number of aliphatic hydroxyl groups is 1. The number of alkyl halides is 5. The van der Waals surface area contributed by atoms with Gasteiger partial charge in [0, 0.05) is 48.2 Å². The molecule has 0 amide bonds. The number of hydrogen-bond donors (Lipinski definition) is 1. The summed E-state index contributed by atoms with van der Waals surface area (Å²) >= 11 is 0. The zero-order valence-electron chi connectivity index (χ0n) is 27.5. The molecule has 4 aliphatic carbocycles. The van der Waals surface area contributed by atoms with E-state index in [1.165, 1.54) is 0 Å². The summed E-state index contributed by atoms with van der Waals surface area (Å²) in [5.74, 6) is -1.95. The van der Waals surface area contributed by atoms with Gasteiger partial charge in [0.05, 0.1) is 12.2 Å². The molecule has 4 aliphatic rings. The maximum atomic E-state index is 12.9. The summed E-state index contributed by atoms with van der Waals surface area (Å²) in [4.78, 5) is 12.3. The lowest BCUT2D eigenvalue weighted by Crippen LogP contribution is -2.60. The van der Waals surface area contributed by atoms with Crippen LogP contribution in [0.15, 0.2) is 0 Å². The second kappa shape index (κ2) is 15.7. The predicted octanol–water partition coefficient (Wildman–Crippen LogP) is 9.19. The average Bonchev–Trinajstić information content (AvgIpc) is 3.26. The minimum Gasteiger partial charge on any atom is -0.393 e. The van der Waals surface area contributed by atoms with Crippen LogP contribution >= 0.6 is 0 Å². The molecule has 0 aromatic carbocycles. The van der Waals surface area contributed by atoms with Crippen LogP contribution in [-0.2, 0) is 20.3 Å². The van der Waals surface area contributed by atoms with Gasteiger partial charge in [0.25, 0.3) is 0 Å². The van der Waals surface area contributed by atoms with E-state index < -0.39 is 35.7 Å². The molecule has 262 valence electrons. The Labute approximate surface area is 269 Å². The lowest BCUT2D eigenvalue weighted by Gasteiger charge is -2.62. The van der Waals surface area contributed by atoms with Gasteiger partial charge in [-0.3, -0.25) is 9.00 Å². The summed E-state index contributed by atoms with van der Waals surface area (Å²) in [5.41, 5.74) is 0.0860. The highest BCUT2D eigenvalue weighted by Crippen LogP contribution is 2.66. The van der Waals surface area contributed by atoms with Crippen LogP contribution in [0.1, 0.15) is 136 Å². The van der Waals surface area contributed by atoms with Gasteiger partial charge in [0.15, 0.2) is 0 Å². The Kier molecular flexibility index (Phi) is 13.0. The first kappa shape index (κ1) is 37.2. The highest BCUT2D eigenvalue weighted by molar-refractivity contribution is 7.84. The number of halogens is 5. The van der Waals surface area contributed by atoms with E-state index in [1.807, 2.05) is 0 Å². The van der Waals surface area contributed by atoms with Crippen molar-refractivity contribution in [2.75, 3.05) is 18.1 Å². The van der Waals surface area contributed by atoms with Gasteiger partial charge in [-0.25, -0.2) is 0 Å². The molecule has 4 nitrogen and oxygen atoms in total. The smallest absolute Gasteiger partial charge is 0.393 e. The van der Waals surface area contributed by atoms with Crippen LogP contribution in [0.2, 0.25) is 0 Å². The second-order valence-corrected chi connectivity index (χ2v) is 17.1. The fraction of sp³-hybridized carbons (Fsp3) is 0.971. The summed E-state index contributed by atoms with van der Waals surface area (Å²) in [6, 6.07) is 0. The van der Waals surface area contributed by atoms with E-state index >= 15 is 0 Å². The van der Waals surface area contributed by atoms with Gasteiger partial charge in [-0.05, 0) is 92.3 Å². The van der Waals surface area contributed by atoms with Crippen molar-refractivity contribution in [3.63, 3.8) is 0 Å². The molecule has 4 saturated carbocycles. The third-order valence-electron chi connectivity index (χ3n) is 12.5. The number of Topliss-reactive ketones (excluding diaryl/α,β-unsaturated/α-hetero) is 1. The van der Waals surface area contributed by atoms with Crippen LogP contribution in [0.5, 0.6) is 0 Å². The van der Waals surface area contributed by atoms with Crippen LogP contribution in [0, 0.1) is 34.5 Å². The first-order chi connectivity index (χ1) is 21.2. The summed E-state index contributed by atoms with van der Waals surface area (Å²) in [6.07, 6.45) is 9.56. The van der Waals surface area contributed by atoms with Crippen molar-refractivity contribution in [3.05, 3.63) is 0 Å². The highest BCUT2D eigenvalue weighted by atomic mass is 32.2. The molecule has 1 N–H and O–H groups in total. The number of fused-ring (bicyclic) bond motifs is 5. The molecule has 45 heavy (non-hydrogen) atoms. The summed E-state index contributed by atoms with van der Waals surface area (Å²) in [6.45, 7) is 5.49. The van der Waals surface area contributed by atoms with E-state index in [2.05, 4.69) is 13.8 Å². The number of ketones is 1. The molecule has 10 heteroatoms. The van der Waals surface area contributed by atoms with Crippen LogP contribution in [0.3, 0.4) is 0 Å². The number of carbonyl (C=O) groups excluding carboxylic acids is 1. The largest absolute Gasteiger partial charge is 0.453 e. The van der Waals surface area contributed by atoms with Gasteiger partial charge in [0.1, 0.15) is 5.78 Å². The summed E-state index contributed by atoms with van der Waals surface area (Å²) < 4.78 is 81.2. The lowest BCUT2D eigenvalue weighted by atomic mass is 9.44. The van der Waals surface area contributed by atoms with Crippen molar-refractivity contribution in [1.82, 2.24) is 0 Å². The maximum absolute atomic E-state index is 12.9. The number of unbranched alkanes of at least 4 members (excludes halogenated alkanes) is 8. The monoisotopic (exact) mass is 668 g/mol. The number of carbonyl (C=O) groups is 1. The number of ether oxygens (including phenoxy) is 1. The fourth-order valence-electron chi connectivity index (χ4n) is 9.80. The fourth-order valence-corrected chi connectivity index (χ4v) is 11.0. The topological polar surface area (TPSA) is 63.6 Å². The second-order valence-electron chi connectivity index (χ2n) is 15.4. The molecular weight excluding hydrogens is 611 g/mol. The number of aliphatic hydroxyl groups excluding tert-OH is 1.